The molecule has 2 heterocycles. The minimum atomic E-state index is 0.117. The lowest BCUT2D eigenvalue weighted by molar-refractivity contribution is 0.0635. The molecule has 1 aliphatic rings. The standard InChI is InChI=1S/C20H20N2O2/c1-14-6-4-5-13-22(14)20(23)16-11-9-15(10-12-16)19-21-17-7-2-3-8-18(17)24-19/h2-3,7-12,14H,4-6,13H2,1H3/t14-/m1/s1. The highest BCUT2D eigenvalue weighted by atomic mass is 16.3. The Morgan fingerprint density at radius 1 is 1.12 bits per heavy atom. The van der Waals surface area contributed by atoms with Gasteiger partial charge < -0.3 is 9.32 Å². The van der Waals surface area contributed by atoms with E-state index in [1.165, 1.54) is 6.42 Å². The van der Waals surface area contributed by atoms with E-state index in [4.69, 9.17) is 4.42 Å². The molecular formula is C20H20N2O2. The minimum absolute atomic E-state index is 0.117. The van der Waals surface area contributed by atoms with Gasteiger partial charge in [-0.05, 0) is 62.6 Å². The van der Waals surface area contributed by atoms with E-state index < -0.39 is 0 Å². The van der Waals surface area contributed by atoms with Crippen LogP contribution in [0.5, 0.6) is 0 Å². The van der Waals surface area contributed by atoms with Gasteiger partial charge >= 0.3 is 0 Å². The molecule has 3 aromatic rings. The highest BCUT2D eigenvalue weighted by molar-refractivity contribution is 5.95. The smallest absolute Gasteiger partial charge is 0.254 e. The van der Waals surface area contributed by atoms with Gasteiger partial charge in [-0.2, -0.15) is 0 Å². The van der Waals surface area contributed by atoms with Crippen molar-refractivity contribution < 1.29 is 9.21 Å². The van der Waals surface area contributed by atoms with E-state index in [0.717, 1.165) is 41.6 Å². The summed E-state index contributed by atoms with van der Waals surface area (Å²) in [6, 6.07) is 15.6. The molecule has 1 atom stereocenters. The molecule has 0 N–H and O–H groups in total. The number of hydrogen-bond donors (Lipinski definition) is 0. The van der Waals surface area contributed by atoms with Crippen LogP contribution in [0, 0.1) is 0 Å². The fourth-order valence-electron chi connectivity index (χ4n) is 3.32. The van der Waals surface area contributed by atoms with Crippen molar-refractivity contribution >= 4 is 17.0 Å². The normalized spacial score (nSPS) is 18.0. The molecule has 2 aromatic carbocycles. The van der Waals surface area contributed by atoms with Gasteiger partial charge in [0.1, 0.15) is 5.52 Å². The number of carbonyl (C=O) groups excluding carboxylic acids is 1. The molecule has 0 bridgehead atoms. The van der Waals surface area contributed by atoms with Crippen LogP contribution in [0.2, 0.25) is 0 Å². The number of rotatable bonds is 2. The maximum Gasteiger partial charge on any atom is 0.254 e. The first kappa shape index (κ1) is 14.9. The number of aromatic nitrogens is 1. The summed E-state index contributed by atoms with van der Waals surface area (Å²) in [4.78, 5) is 19.2. The first-order chi connectivity index (χ1) is 11.7. The van der Waals surface area contributed by atoms with Crippen LogP contribution >= 0.6 is 0 Å². The monoisotopic (exact) mass is 320 g/mol. The van der Waals surface area contributed by atoms with Crippen molar-refractivity contribution in [3.8, 4) is 11.5 Å². The molecule has 1 aromatic heterocycles. The predicted molar refractivity (Wildman–Crippen MR) is 93.8 cm³/mol. The van der Waals surface area contributed by atoms with Crippen molar-refractivity contribution in [3.05, 3.63) is 54.1 Å². The highest BCUT2D eigenvalue weighted by Crippen LogP contribution is 2.25. The molecule has 1 saturated heterocycles. The van der Waals surface area contributed by atoms with E-state index in [1.807, 2.05) is 53.4 Å². The van der Waals surface area contributed by atoms with Gasteiger partial charge in [-0.1, -0.05) is 12.1 Å². The highest BCUT2D eigenvalue weighted by Gasteiger charge is 2.24. The zero-order valence-corrected chi connectivity index (χ0v) is 13.7. The van der Waals surface area contributed by atoms with Gasteiger partial charge in [0.2, 0.25) is 5.89 Å². The van der Waals surface area contributed by atoms with Gasteiger partial charge in [0.15, 0.2) is 5.58 Å². The van der Waals surface area contributed by atoms with Crippen LogP contribution in [0.25, 0.3) is 22.6 Å². The largest absolute Gasteiger partial charge is 0.436 e. The first-order valence-electron chi connectivity index (χ1n) is 8.49. The number of para-hydroxylation sites is 2. The van der Waals surface area contributed by atoms with E-state index >= 15 is 0 Å². The lowest BCUT2D eigenvalue weighted by Crippen LogP contribution is -2.41. The molecule has 0 radical (unpaired) electrons. The summed E-state index contributed by atoms with van der Waals surface area (Å²) in [5, 5.41) is 0. The second-order valence-electron chi connectivity index (χ2n) is 6.41. The number of benzene rings is 2. The average Bonchev–Trinajstić information content (AvgIpc) is 3.06. The van der Waals surface area contributed by atoms with E-state index in [9.17, 15) is 4.79 Å². The Bertz CT molecular complexity index is 834. The molecule has 0 spiro atoms. The Morgan fingerprint density at radius 2 is 1.92 bits per heavy atom. The number of oxazole rings is 1. The molecule has 0 saturated carbocycles. The minimum Gasteiger partial charge on any atom is -0.436 e. The first-order valence-corrected chi connectivity index (χ1v) is 8.49. The number of piperidine rings is 1. The maximum atomic E-state index is 12.7. The molecule has 122 valence electrons. The lowest BCUT2D eigenvalue weighted by atomic mass is 10.0. The topological polar surface area (TPSA) is 46.3 Å². The third-order valence-corrected chi connectivity index (χ3v) is 4.74. The molecule has 4 heteroatoms. The van der Waals surface area contributed by atoms with Gasteiger partial charge in [0.05, 0.1) is 0 Å². The fraction of sp³-hybridized carbons (Fsp3) is 0.300. The Balaban J connectivity index is 1.59. The van der Waals surface area contributed by atoms with Crippen LogP contribution in [0.15, 0.2) is 52.9 Å². The van der Waals surface area contributed by atoms with Gasteiger partial charge in [-0.25, -0.2) is 4.98 Å². The molecule has 24 heavy (non-hydrogen) atoms. The third-order valence-electron chi connectivity index (χ3n) is 4.74. The Labute approximate surface area is 141 Å². The zero-order valence-electron chi connectivity index (χ0n) is 13.7. The number of nitrogens with zero attached hydrogens (tertiary/aromatic N) is 2. The van der Waals surface area contributed by atoms with E-state index in [1.54, 1.807) is 0 Å². The Morgan fingerprint density at radius 3 is 2.67 bits per heavy atom. The SMILES string of the molecule is C[C@@H]1CCCCN1C(=O)c1ccc(-c2nc3ccccc3o2)cc1. The summed E-state index contributed by atoms with van der Waals surface area (Å²) in [5.41, 5.74) is 3.22. The van der Waals surface area contributed by atoms with E-state index in [2.05, 4.69) is 11.9 Å². The average molecular weight is 320 g/mol. The van der Waals surface area contributed by atoms with Gasteiger partial charge in [0.25, 0.3) is 5.91 Å². The van der Waals surface area contributed by atoms with Crippen LogP contribution in [-0.4, -0.2) is 28.4 Å². The van der Waals surface area contributed by atoms with Crippen LogP contribution in [0.3, 0.4) is 0 Å². The Hall–Kier alpha value is -2.62. The van der Waals surface area contributed by atoms with Crippen LogP contribution in [0.4, 0.5) is 0 Å². The lowest BCUT2D eigenvalue weighted by Gasteiger charge is -2.33. The van der Waals surface area contributed by atoms with E-state index in [-0.39, 0.29) is 5.91 Å². The zero-order chi connectivity index (χ0) is 16.5. The number of amides is 1. The predicted octanol–water partition coefficient (Wildman–Crippen LogP) is 4.51. The molecule has 0 aliphatic carbocycles. The third kappa shape index (κ3) is 2.68. The Kier molecular flexibility index (Phi) is 3.81. The molecule has 0 unspecified atom stereocenters. The summed E-state index contributed by atoms with van der Waals surface area (Å²) >= 11 is 0. The number of carbonyl (C=O) groups is 1. The summed E-state index contributed by atoms with van der Waals surface area (Å²) in [6.07, 6.45) is 3.39. The van der Waals surface area contributed by atoms with Crippen molar-refractivity contribution in [1.29, 1.82) is 0 Å². The van der Waals surface area contributed by atoms with Crippen LogP contribution < -0.4 is 0 Å². The van der Waals surface area contributed by atoms with Gasteiger partial charge in [-0.15, -0.1) is 0 Å². The number of hydrogen-bond acceptors (Lipinski definition) is 3. The molecular weight excluding hydrogens is 300 g/mol. The fourth-order valence-corrected chi connectivity index (χ4v) is 3.32. The summed E-state index contributed by atoms with van der Waals surface area (Å²) in [5.74, 6) is 0.702. The van der Waals surface area contributed by atoms with Crippen molar-refractivity contribution in [2.45, 2.75) is 32.2 Å². The van der Waals surface area contributed by atoms with Crippen LogP contribution in [0.1, 0.15) is 36.5 Å². The van der Waals surface area contributed by atoms with Gasteiger partial charge in [-0.3, -0.25) is 4.79 Å². The van der Waals surface area contributed by atoms with Gasteiger partial charge in [0, 0.05) is 23.7 Å². The molecule has 1 aliphatic heterocycles. The van der Waals surface area contributed by atoms with E-state index in [0.29, 0.717) is 11.9 Å². The van der Waals surface area contributed by atoms with Crippen molar-refractivity contribution in [2.75, 3.05) is 6.54 Å². The quantitative estimate of drug-likeness (QED) is 0.698. The number of fused-ring (bicyclic) bond motifs is 1. The molecule has 4 rings (SSSR count). The van der Waals surface area contributed by atoms with Crippen molar-refractivity contribution in [1.82, 2.24) is 9.88 Å². The maximum absolute atomic E-state index is 12.7. The number of likely N-dealkylation sites (tertiary alicyclic amines) is 1. The second kappa shape index (κ2) is 6.11. The second-order valence-corrected chi connectivity index (χ2v) is 6.41. The molecule has 1 fully saturated rings. The molecule has 4 nitrogen and oxygen atoms in total. The van der Waals surface area contributed by atoms with Crippen molar-refractivity contribution in [3.63, 3.8) is 0 Å². The summed E-state index contributed by atoms with van der Waals surface area (Å²) < 4.78 is 5.78. The summed E-state index contributed by atoms with van der Waals surface area (Å²) in [6.45, 7) is 2.98. The van der Waals surface area contributed by atoms with Crippen molar-refractivity contribution in [2.24, 2.45) is 0 Å². The summed E-state index contributed by atoms with van der Waals surface area (Å²) in [7, 11) is 0. The molecule has 1 amide bonds. The van der Waals surface area contributed by atoms with Crippen LogP contribution in [-0.2, 0) is 0 Å².